The maximum atomic E-state index is 13.0. The summed E-state index contributed by atoms with van der Waals surface area (Å²) in [7, 11) is 0. The Hall–Kier alpha value is -2.95. The van der Waals surface area contributed by atoms with Crippen molar-refractivity contribution in [3.8, 4) is 0 Å². The molecule has 0 aliphatic carbocycles. The molecule has 3 rings (SSSR count). The molecular weight excluding hydrogens is 328 g/mol. The van der Waals surface area contributed by atoms with Gasteiger partial charge in [0.1, 0.15) is 6.04 Å². The minimum atomic E-state index is -1.26. The lowest BCUT2D eigenvalue weighted by Crippen LogP contribution is -2.54. The SMILES string of the molecule is [2H]C(c1ccccc1)C(C(=O)NC(C)(C)C)N1C(=O)c2ccccc2C1=O. The van der Waals surface area contributed by atoms with E-state index in [1.54, 1.807) is 48.5 Å². The van der Waals surface area contributed by atoms with Crippen molar-refractivity contribution in [2.45, 2.75) is 38.7 Å². The van der Waals surface area contributed by atoms with Crippen molar-refractivity contribution >= 4 is 17.7 Å². The molecule has 0 fully saturated rings. The van der Waals surface area contributed by atoms with E-state index in [0.29, 0.717) is 5.56 Å². The number of benzene rings is 2. The third-order valence-electron chi connectivity index (χ3n) is 4.02. The van der Waals surface area contributed by atoms with Crippen molar-refractivity contribution in [1.29, 1.82) is 0 Å². The molecule has 0 spiro atoms. The Morgan fingerprint density at radius 1 is 1.00 bits per heavy atom. The summed E-state index contributed by atoms with van der Waals surface area (Å²) in [5, 5.41) is 2.81. The summed E-state index contributed by atoms with van der Waals surface area (Å²) in [5.41, 5.74) is 0.514. The minimum Gasteiger partial charge on any atom is -0.350 e. The van der Waals surface area contributed by atoms with Crippen molar-refractivity contribution < 1.29 is 15.8 Å². The van der Waals surface area contributed by atoms with E-state index < -0.39 is 35.7 Å². The highest BCUT2D eigenvalue weighted by atomic mass is 16.2. The highest BCUT2D eigenvalue weighted by molar-refractivity contribution is 6.22. The lowest BCUT2D eigenvalue weighted by molar-refractivity contribution is -0.126. The van der Waals surface area contributed by atoms with Gasteiger partial charge in [0.2, 0.25) is 5.91 Å². The smallest absolute Gasteiger partial charge is 0.262 e. The number of carbonyl (C=O) groups is 3. The molecule has 5 heteroatoms. The fourth-order valence-electron chi connectivity index (χ4n) is 2.92. The molecule has 0 radical (unpaired) electrons. The first-order valence-electron chi connectivity index (χ1n) is 9.04. The summed E-state index contributed by atoms with van der Waals surface area (Å²) in [6.45, 7) is 5.43. The van der Waals surface area contributed by atoms with Crippen LogP contribution in [-0.2, 0) is 11.2 Å². The lowest BCUT2D eigenvalue weighted by Gasteiger charge is -2.29. The average molecular weight is 351 g/mol. The van der Waals surface area contributed by atoms with Gasteiger partial charge in [-0.25, -0.2) is 0 Å². The lowest BCUT2D eigenvalue weighted by atomic mass is 10.0. The van der Waals surface area contributed by atoms with Gasteiger partial charge < -0.3 is 5.32 Å². The molecule has 2 aromatic rings. The molecule has 1 N–H and O–H groups in total. The van der Waals surface area contributed by atoms with Gasteiger partial charge in [-0.15, -0.1) is 0 Å². The van der Waals surface area contributed by atoms with Gasteiger partial charge in [0.15, 0.2) is 0 Å². The summed E-state index contributed by atoms with van der Waals surface area (Å²) >= 11 is 0. The van der Waals surface area contributed by atoms with Gasteiger partial charge in [0.25, 0.3) is 11.8 Å². The van der Waals surface area contributed by atoms with E-state index in [-0.39, 0.29) is 11.1 Å². The number of carbonyl (C=O) groups excluding carboxylic acids is 3. The first kappa shape index (κ1) is 16.5. The van der Waals surface area contributed by atoms with Gasteiger partial charge in [0.05, 0.1) is 11.1 Å². The molecule has 2 atom stereocenters. The van der Waals surface area contributed by atoms with Gasteiger partial charge in [0, 0.05) is 13.3 Å². The molecule has 2 unspecified atom stereocenters. The van der Waals surface area contributed by atoms with Gasteiger partial charge in [-0.05, 0) is 38.5 Å². The second-order valence-electron chi connectivity index (χ2n) is 7.29. The van der Waals surface area contributed by atoms with Gasteiger partial charge in [-0.3, -0.25) is 19.3 Å². The highest BCUT2D eigenvalue weighted by Gasteiger charge is 2.43. The van der Waals surface area contributed by atoms with Crippen LogP contribution in [-0.4, -0.2) is 34.2 Å². The summed E-state index contributed by atoms with van der Waals surface area (Å²) in [6.07, 6.45) is -1.10. The third-order valence-corrected chi connectivity index (χ3v) is 4.02. The number of hydrogen-bond donors (Lipinski definition) is 1. The van der Waals surface area contributed by atoms with Crippen LogP contribution >= 0.6 is 0 Å². The van der Waals surface area contributed by atoms with Crippen LogP contribution in [0.25, 0.3) is 0 Å². The normalized spacial score (nSPS) is 16.7. The van der Waals surface area contributed by atoms with Crippen molar-refractivity contribution in [3.63, 3.8) is 0 Å². The molecule has 26 heavy (non-hydrogen) atoms. The predicted molar refractivity (Wildman–Crippen MR) is 98.8 cm³/mol. The van der Waals surface area contributed by atoms with Crippen LogP contribution in [0.3, 0.4) is 0 Å². The molecule has 1 aliphatic heterocycles. The van der Waals surface area contributed by atoms with Gasteiger partial charge in [-0.1, -0.05) is 42.5 Å². The van der Waals surface area contributed by atoms with E-state index in [2.05, 4.69) is 5.32 Å². The van der Waals surface area contributed by atoms with Crippen LogP contribution < -0.4 is 5.32 Å². The molecular formula is C21H22N2O3. The number of nitrogens with one attached hydrogen (secondary N) is 1. The van der Waals surface area contributed by atoms with Crippen LogP contribution in [0.2, 0.25) is 0 Å². The predicted octanol–water partition coefficient (Wildman–Crippen LogP) is 2.81. The molecule has 0 aromatic heterocycles. The molecule has 0 saturated carbocycles. The molecule has 0 saturated heterocycles. The van der Waals surface area contributed by atoms with Crippen molar-refractivity contribution in [2.24, 2.45) is 0 Å². The molecule has 134 valence electrons. The van der Waals surface area contributed by atoms with Crippen LogP contribution in [0.4, 0.5) is 0 Å². The topological polar surface area (TPSA) is 66.5 Å². The number of imide groups is 1. The Labute approximate surface area is 154 Å². The monoisotopic (exact) mass is 351 g/mol. The average Bonchev–Trinajstić information content (AvgIpc) is 2.87. The van der Waals surface area contributed by atoms with E-state index in [1.807, 2.05) is 26.8 Å². The van der Waals surface area contributed by atoms with E-state index in [9.17, 15) is 14.4 Å². The number of hydrogen-bond acceptors (Lipinski definition) is 3. The summed E-state index contributed by atoms with van der Waals surface area (Å²) in [6, 6.07) is 14.0. The zero-order chi connectivity index (χ0) is 19.8. The Balaban J connectivity index is 2.04. The first-order chi connectivity index (χ1) is 12.7. The Morgan fingerprint density at radius 2 is 1.50 bits per heavy atom. The molecule has 2 aromatic carbocycles. The molecule has 1 aliphatic rings. The number of amides is 3. The van der Waals surface area contributed by atoms with Gasteiger partial charge in [-0.2, -0.15) is 0 Å². The molecule has 1 heterocycles. The summed E-state index contributed by atoms with van der Waals surface area (Å²) in [4.78, 5) is 39.7. The second kappa shape index (κ2) is 6.75. The van der Waals surface area contributed by atoms with Crippen LogP contribution in [0.1, 0.15) is 48.4 Å². The summed E-state index contributed by atoms with van der Waals surface area (Å²) in [5.74, 6) is -1.61. The second-order valence-corrected chi connectivity index (χ2v) is 7.29. The molecule has 5 nitrogen and oxygen atoms in total. The minimum absolute atomic E-state index is 0.260. The van der Waals surface area contributed by atoms with E-state index in [0.717, 1.165) is 4.90 Å². The van der Waals surface area contributed by atoms with Crippen molar-refractivity contribution in [2.75, 3.05) is 0 Å². The standard InChI is InChI=1S/C21H22N2O3/c1-21(2,3)22-18(24)17(13-14-9-5-4-6-10-14)23-19(25)15-11-7-8-12-16(15)20(23)26/h4-12,17H,13H2,1-3H3,(H,22,24)/i13D. The zero-order valence-electron chi connectivity index (χ0n) is 16.0. The Kier molecular flexibility index (Phi) is 4.29. The quantitative estimate of drug-likeness (QED) is 0.862. The summed E-state index contributed by atoms with van der Waals surface area (Å²) < 4.78 is 8.65. The highest BCUT2D eigenvalue weighted by Crippen LogP contribution is 2.26. The van der Waals surface area contributed by atoms with Crippen LogP contribution in [0.15, 0.2) is 54.6 Å². The largest absolute Gasteiger partial charge is 0.350 e. The number of fused-ring (bicyclic) bond motifs is 1. The number of rotatable bonds is 4. The fraction of sp³-hybridized carbons (Fsp3) is 0.286. The molecule has 0 bridgehead atoms. The van der Waals surface area contributed by atoms with Gasteiger partial charge >= 0.3 is 0 Å². The van der Waals surface area contributed by atoms with E-state index in [4.69, 9.17) is 1.37 Å². The van der Waals surface area contributed by atoms with Crippen molar-refractivity contribution in [3.05, 3.63) is 71.3 Å². The Bertz CT molecular complexity index is 855. The third kappa shape index (κ3) is 3.52. The van der Waals surface area contributed by atoms with Crippen molar-refractivity contribution in [1.82, 2.24) is 10.2 Å². The van der Waals surface area contributed by atoms with Crippen LogP contribution in [0.5, 0.6) is 0 Å². The van der Waals surface area contributed by atoms with Crippen LogP contribution in [0, 0.1) is 0 Å². The maximum Gasteiger partial charge on any atom is 0.262 e. The van der Waals surface area contributed by atoms with E-state index >= 15 is 0 Å². The fourth-order valence-corrected chi connectivity index (χ4v) is 2.92. The maximum absolute atomic E-state index is 13.0. The first-order valence-corrected chi connectivity index (χ1v) is 8.47. The number of nitrogens with zero attached hydrogens (tertiary/aromatic N) is 1. The van der Waals surface area contributed by atoms with E-state index in [1.165, 1.54) is 0 Å². The molecule has 3 amide bonds. The zero-order valence-corrected chi connectivity index (χ0v) is 15.0. The Morgan fingerprint density at radius 3 is 2.00 bits per heavy atom.